The Bertz CT molecular complexity index is 842. The molecule has 0 saturated carbocycles. The minimum Gasteiger partial charge on any atom is -0.353 e. The Labute approximate surface area is 184 Å². The summed E-state index contributed by atoms with van der Waals surface area (Å²) < 4.78 is 0. The van der Waals surface area contributed by atoms with Gasteiger partial charge in [-0.1, -0.05) is 48.5 Å². The molecule has 0 aromatic heterocycles. The SMILES string of the molecule is O=C(NC1CCN(Cc2ccccc2)CC1)C1CCN(C(=O)Nc2ccccc2)CC1. The number of hydrogen-bond acceptors (Lipinski definition) is 3. The molecule has 2 aromatic rings. The topological polar surface area (TPSA) is 64.7 Å². The van der Waals surface area contributed by atoms with Crippen LogP contribution in [0.4, 0.5) is 10.5 Å². The molecule has 2 heterocycles. The van der Waals surface area contributed by atoms with Gasteiger partial charge in [-0.3, -0.25) is 9.69 Å². The maximum atomic E-state index is 12.8. The Balaban J connectivity index is 1.16. The fourth-order valence-corrected chi connectivity index (χ4v) is 4.46. The molecule has 0 unspecified atom stereocenters. The van der Waals surface area contributed by atoms with Crippen LogP contribution < -0.4 is 10.6 Å². The van der Waals surface area contributed by atoms with Gasteiger partial charge >= 0.3 is 6.03 Å². The molecule has 3 amide bonds. The van der Waals surface area contributed by atoms with Crippen molar-refractivity contribution in [3.8, 4) is 0 Å². The minimum absolute atomic E-state index is 0.00289. The number of nitrogens with zero attached hydrogens (tertiary/aromatic N) is 2. The van der Waals surface area contributed by atoms with Crippen molar-refractivity contribution in [3.05, 3.63) is 66.2 Å². The number of carbonyl (C=O) groups excluding carboxylic acids is 2. The van der Waals surface area contributed by atoms with Gasteiger partial charge in [0.1, 0.15) is 0 Å². The number of amides is 3. The average molecular weight is 421 g/mol. The van der Waals surface area contributed by atoms with Gasteiger partial charge in [0.05, 0.1) is 0 Å². The van der Waals surface area contributed by atoms with Crippen LogP contribution in [-0.4, -0.2) is 54.0 Å². The first kappa shape index (κ1) is 21.4. The molecule has 2 saturated heterocycles. The number of likely N-dealkylation sites (tertiary alicyclic amines) is 2. The molecule has 6 heteroatoms. The second-order valence-electron chi connectivity index (χ2n) is 8.60. The fraction of sp³-hybridized carbons (Fsp3) is 0.440. The molecule has 31 heavy (non-hydrogen) atoms. The summed E-state index contributed by atoms with van der Waals surface area (Å²) in [6.45, 7) is 4.24. The van der Waals surface area contributed by atoms with Crippen LogP contribution >= 0.6 is 0 Å². The monoisotopic (exact) mass is 420 g/mol. The number of urea groups is 1. The normalized spacial score (nSPS) is 18.5. The van der Waals surface area contributed by atoms with Crippen LogP contribution in [0.25, 0.3) is 0 Å². The van der Waals surface area contributed by atoms with Gasteiger partial charge in [0.2, 0.25) is 5.91 Å². The van der Waals surface area contributed by atoms with Crippen LogP contribution in [0.1, 0.15) is 31.2 Å². The van der Waals surface area contributed by atoms with Gasteiger partial charge in [0, 0.05) is 50.4 Å². The molecular formula is C25H32N4O2. The summed E-state index contributed by atoms with van der Waals surface area (Å²) in [6.07, 6.45) is 3.44. The molecule has 0 bridgehead atoms. The molecule has 4 rings (SSSR count). The van der Waals surface area contributed by atoms with E-state index in [1.54, 1.807) is 4.90 Å². The molecule has 2 aliphatic rings. The van der Waals surface area contributed by atoms with E-state index in [1.165, 1.54) is 5.56 Å². The fourth-order valence-electron chi connectivity index (χ4n) is 4.46. The highest BCUT2D eigenvalue weighted by atomic mass is 16.2. The van der Waals surface area contributed by atoms with Gasteiger partial charge in [0.15, 0.2) is 0 Å². The van der Waals surface area contributed by atoms with Crippen molar-refractivity contribution in [3.63, 3.8) is 0 Å². The number of para-hydroxylation sites is 1. The second kappa shape index (κ2) is 10.4. The van der Waals surface area contributed by atoms with E-state index in [9.17, 15) is 9.59 Å². The Morgan fingerprint density at radius 2 is 1.42 bits per heavy atom. The molecule has 0 radical (unpaired) electrons. The van der Waals surface area contributed by atoms with E-state index < -0.39 is 0 Å². The van der Waals surface area contributed by atoms with Crippen LogP contribution in [0.3, 0.4) is 0 Å². The Morgan fingerprint density at radius 1 is 0.806 bits per heavy atom. The summed E-state index contributed by atoms with van der Waals surface area (Å²) in [4.78, 5) is 29.5. The minimum atomic E-state index is -0.0872. The highest BCUT2D eigenvalue weighted by Crippen LogP contribution is 2.20. The van der Waals surface area contributed by atoms with E-state index in [2.05, 4.69) is 39.8 Å². The average Bonchev–Trinajstić information content (AvgIpc) is 2.82. The number of anilines is 1. The summed E-state index contributed by atoms with van der Waals surface area (Å²) in [5.74, 6) is 0.160. The molecule has 6 nitrogen and oxygen atoms in total. The molecular weight excluding hydrogens is 388 g/mol. The van der Waals surface area contributed by atoms with Gasteiger partial charge in [-0.05, 0) is 43.4 Å². The number of carbonyl (C=O) groups is 2. The summed E-state index contributed by atoms with van der Waals surface area (Å²) in [5, 5.41) is 6.20. The Kier molecular flexibility index (Phi) is 7.20. The summed E-state index contributed by atoms with van der Waals surface area (Å²) >= 11 is 0. The number of rotatable bonds is 5. The largest absolute Gasteiger partial charge is 0.353 e. The number of benzene rings is 2. The third-order valence-corrected chi connectivity index (χ3v) is 6.36. The maximum absolute atomic E-state index is 12.8. The summed E-state index contributed by atoms with van der Waals surface area (Å²) in [7, 11) is 0. The number of piperidine rings is 2. The molecule has 2 aliphatic heterocycles. The van der Waals surface area contributed by atoms with Crippen molar-refractivity contribution in [2.75, 3.05) is 31.5 Å². The lowest BCUT2D eigenvalue weighted by Gasteiger charge is -2.35. The van der Waals surface area contributed by atoms with E-state index in [1.807, 2.05) is 36.4 Å². The van der Waals surface area contributed by atoms with Crippen molar-refractivity contribution in [1.29, 1.82) is 0 Å². The third kappa shape index (κ3) is 6.07. The predicted molar refractivity (Wildman–Crippen MR) is 123 cm³/mol. The molecule has 0 spiro atoms. The quantitative estimate of drug-likeness (QED) is 0.775. The third-order valence-electron chi connectivity index (χ3n) is 6.36. The molecule has 2 aromatic carbocycles. The van der Waals surface area contributed by atoms with E-state index >= 15 is 0 Å². The van der Waals surface area contributed by atoms with Crippen LogP contribution in [0, 0.1) is 5.92 Å². The van der Waals surface area contributed by atoms with Crippen molar-refractivity contribution < 1.29 is 9.59 Å². The van der Waals surface area contributed by atoms with E-state index in [4.69, 9.17) is 0 Å². The molecule has 164 valence electrons. The zero-order valence-electron chi connectivity index (χ0n) is 18.0. The first-order valence-electron chi connectivity index (χ1n) is 11.3. The summed E-state index contributed by atoms with van der Waals surface area (Å²) in [6, 6.07) is 20.2. The summed E-state index contributed by atoms with van der Waals surface area (Å²) in [5.41, 5.74) is 2.14. The molecule has 2 N–H and O–H groups in total. The van der Waals surface area contributed by atoms with Crippen molar-refractivity contribution in [1.82, 2.24) is 15.1 Å². The zero-order chi connectivity index (χ0) is 21.5. The lowest BCUT2D eigenvalue weighted by atomic mass is 9.94. The van der Waals surface area contributed by atoms with Gasteiger partial charge in [-0.2, -0.15) is 0 Å². The standard InChI is InChI=1S/C25H32N4O2/c30-24(26-23-13-15-28(16-14-23)19-20-7-3-1-4-8-20)21-11-17-29(18-12-21)25(31)27-22-9-5-2-6-10-22/h1-10,21,23H,11-19H2,(H,26,30)(H,27,31). The second-order valence-corrected chi connectivity index (χ2v) is 8.60. The van der Waals surface area contributed by atoms with E-state index in [-0.39, 0.29) is 23.9 Å². The van der Waals surface area contributed by atoms with Gasteiger partial charge < -0.3 is 15.5 Å². The number of nitrogens with one attached hydrogen (secondary N) is 2. The lowest BCUT2D eigenvalue weighted by molar-refractivity contribution is -0.127. The lowest BCUT2D eigenvalue weighted by Crippen LogP contribution is -2.49. The predicted octanol–water partition coefficient (Wildman–Crippen LogP) is 3.71. The number of hydrogen-bond donors (Lipinski definition) is 2. The first-order valence-corrected chi connectivity index (χ1v) is 11.3. The Hall–Kier alpha value is -2.86. The Morgan fingerprint density at radius 3 is 2.06 bits per heavy atom. The van der Waals surface area contributed by atoms with Crippen LogP contribution in [-0.2, 0) is 11.3 Å². The smallest absolute Gasteiger partial charge is 0.321 e. The maximum Gasteiger partial charge on any atom is 0.321 e. The van der Waals surface area contributed by atoms with Gasteiger partial charge in [-0.15, -0.1) is 0 Å². The first-order chi connectivity index (χ1) is 15.2. The highest BCUT2D eigenvalue weighted by molar-refractivity contribution is 5.89. The van der Waals surface area contributed by atoms with Gasteiger partial charge in [-0.25, -0.2) is 4.79 Å². The van der Waals surface area contributed by atoms with E-state index in [0.29, 0.717) is 13.1 Å². The van der Waals surface area contributed by atoms with Crippen molar-refractivity contribution >= 4 is 17.6 Å². The zero-order valence-corrected chi connectivity index (χ0v) is 18.0. The van der Waals surface area contributed by atoms with E-state index in [0.717, 1.165) is 51.0 Å². The van der Waals surface area contributed by atoms with Crippen LogP contribution in [0.2, 0.25) is 0 Å². The van der Waals surface area contributed by atoms with Crippen molar-refractivity contribution in [2.45, 2.75) is 38.3 Å². The van der Waals surface area contributed by atoms with Crippen LogP contribution in [0.5, 0.6) is 0 Å². The van der Waals surface area contributed by atoms with Gasteiger partial charge in [0.25, 0.3) is 0 Å². The molecule has 0 aliphatic carbocycles. The molecule has 2 fully saturated rings. The highest BCUT2D eigenvalue weighted by Gasteiger charge is 2.29. The van der Waals surface area contributed by atoms with Crippen molar-refractivity contribution in [2.24, 2.45) is 5.92 Å². The van der Waals surface area contributed by atoms with Crippen LogP contribution in [0.15, 0.2) is 60.7 Å². The molecule has 0 atom stereocenters.